The zero-order valence-corrected chi connectivity index (χ0v) is 19.6. The molecule has 2 aromatic carbocycles. The first kappa shape index (κ1) is 25.1. The van der Waals surface area contributed by atoms with E-state index in [9.17, 15) is 22.8 Å². The zero-order chi connectivity index (χ0) is 23.9. The van der Waals surface area contributed by atoms with E-state index in [1.165, 1.54) is 31.0 Å². The van der Waals surface area contributed by atoms with Gasteiger partial charge in [0.15, 0.2) is 5.78 Å². The van der Waals surface area contributed by atoms with E-state index < -0.39 is 28.5 Å². The van der Waals surface area contributed by atoms with Crippen LogP contribution < -0.4 is 9.62 Å². The number of anilines is 1. The monoisotopic (exact) mass is 459 g/mol. The van der Waals surface area contributed by atoms with Gasteiger partial charge in [0.25, 0.3) is 0 Å². The predicted octanol–water partition coefficient (Wildman–Crippen LogP) is 2.21. The van der Waals surface area contributed by atoms with Gasteiger partial charge in [0, 0.05) is 19.2 Å². The minimum absolute atomic E-state index is 0.149. The summed E-state index contributed by atoms with van der Waals surface area (Å²) in [5.41, 5.74) is 1.36. The number of carbonyl (C=O) groups excluding carboxylic acids is 3. The molecule has 0 aromatic heterocycles. The van der Waals surface area contributed by atoms with Crippen molar-refractivity contribution in [3.63, 3.8) is 0 Å². The summed E-state index contributed by atoms with van der Waals surface area (Å²) in [5.74, 6) is -1.08. The molecule has 0 saturated carbocycles. The average Bonchev–Trinajstić information content (AvgIpc) is 2.76. The van der Waals surface area contributed by atoms with Crippen molar-refractivity contribution in [1.82, 2.24) is 10.2 Å². The number of benzene rings is 2. The fourth-order valence-electron chi connectivity index (χ4n) is 3.36. The van der Waals surface area contributed by atoms with Gasteiger partial charge < -0.3 is 10.2 Å². The van der Waals surface area contributed by atoms with E-state index >= 15 is 0 Å². The number of carbonyl (C=O) groups is 3. The Kier molecular flexibility index (Phi) is 8.54. The number of hydrogen-bond donors (Lipinski definition) is 1. The molecule has 0 heterocycles. The standard InChI is InChI=1S/C23H29N3O5S/c1-5-21(23(29)24-3)25(15-18-10-7-6-8-11-18)22(28)16-26(32(4,30)31)20-13-9-12-19(14-20)17(2)27/h6-14,21H,5,15-16H2,1-4H3,(H,24,29)/t21-/m0/s1. The lowest BCUT2D eigenvalue weighted by Gasteiger charge is -2.32. The third-order valence-electron chi connectivity index (χ3n) is 5.05. The second kappa shape index (κ2) is 10.9. The SMILES string of the molecule is CC[C@@H](C(=O)NC)N(Cc1ccccc1)C(=O)CN(c1cccc(C(C)=O)c1)S(C)(=O)=O. The first-order valence-corrected chi connectivity index (χ1v) is 12.1. The molecule has 8 nitrogen and oxygen atoms in total. The molecule has 2 rings (SSSR count). The lowest BCUT2D eigenvalue weighted by molar-refractivity contribution is -0.140. The fourth-order valence-corrected chi connectivity index (χ4v) is 4.20. The van der Waals surface area contributed by atoms with Crippen LogP contribution in [0.5, 0.6) is 0 Å². The molecular weight excluding hydrogens is 430 g/mol. The molecule has 0 saturated heterocycles. The minimum atomic E-state index is -3.85. The van der Waals surface area contributed by atoms with Crippen LogP contribution in [0.3, 0.4) is 0 Å². The molecule has 0 aliphatic carbocycles. The van der Waals surface area contributed by atoms with E-state index in [1.54, 1.807) is 19.1 Å². The molecule has 1 atom stereocenters. The molecule has 0 spiro atoms. The fraction of sp³-hybridized carbons (Fsp3) is 0.348. The van der Waals surface area contributed by atoms with Crippen LogP contribution in [0, 0.1) is 0 Å². The topological polar surface area (TPSA) is 104 Å². The predicted molar refractivity (Wildman–Crippen MR) is 124 cm³/mol. The van der Waals surface area contributed by atoms with Gasteiger partial charge in [-0.2, -0.15) is 0 Å². The van der Waals surface area contributed by atoms with Crippen LogP contribution in [0.2, 0.25) is 0 Å². The van der Waals surface area contributed by atoms with Gasteiger partial charge in [-0.25, -0.2) is 8.42 Å². The Bertz CT molecular complexity index is 1070. The van der Waals surface area contributed by atoms with Crippen LogP contribution in [0.4, 0.5) is 5.69 Å². The van der Waals surface area contributed by atoms with Gasteiger partial charge in [0.05, 0.1) is 11.9 Å². The maximum atomic E-state index is 13.4. The van der Waals surface area contributed by atoms with Crippen LogP contribution in [-0.2, 0) is 26.2 Å². The highest BCUT2D eigenvalue weighted by Crippen LogP contribution is 2.21. The van der Waals surface area contributed by atoms with Gasteiger partial charge in [-0.1, -0.05) is 49.4 Å². The summed E-state index contributed by atoms with van der Waals surface area (Å²) >= 11 is 0. The third-order valence-corrected chi connectivity index (χ3v) is 6.19. The Morgan fingerprint density at radius 3 is 2.22 bits per heavy atom. The summed E-state index contributed by atoms with van der Waals surface area (Å²) in [5, 5.41) is 2.57. The largest absolute Gasteiger partial charge is 0.357 e. The van der Waals surface area contributed by atoms with Crippen LogP contribution in [0.25, 0.3) is 0 Å². The van der Waals surface area contributed by atoms with Crippen molar-refractivity contribution in [2.45, 2.75) is 32.9 Å². The molecule has 0 aliphatic rings. The summed E-state index contributed by atoms with van der Waals surface area (Å²) in [6.45, 7) is 2.82. The smallest absolute Gasteiger partial charge is 0.244 e. The summed E-state index contributed by atoms with van der Waals surface area (Å²) < 4.78 is 26.1. The van der Waals surface area contributed by atoms with E-state index in [-0.39, 0.29) is 23.9 Å². The Morgan fingerprint density at radius 1 is 1.03 bits per heavy atom. The minimum Gasteiger partial charge on any atom is -0.357 e. The van der Waals surface area contributed by atoms with Crippen molar-refractivity contribution >= 4 is 33.3 Å². The van der Waals surface area contributed by atoms with Crippen molar-refractivity contribution < 1.29 is 22.8 Å². The first-order chi connectivity index (χ1) is 15.1. The molecule has 2 aromatic rings. The van der Waals surface area contributed by atoms with Crippen molar-refractivity contribution in [2.75, 3.05) is 24.2 Å². The van der Waals surface area contributed by atoms with Crippen LogP contribution >= 0.6 is 0 Å². The molecule has 0 unspecified atom stereocenters. The number of sulfonamides is 1. The maximum Gasteiger partial charge on any atom is 0.244 e. The normalized spacial score (nSPS) is 12.0. The van der Waals surface area contributed by atoms with Crippen molar-refractivity contribution in [2.24, 2.45) is 0 Å². The molecule has 1 N–H and O–H groups in total. The Morgan fingerprint density at radius 2 is 1.69 bits per heavy atom. The number of hydrogen-bond acceptors (Lipinski definition) is 5. The molecule has 9 heteroatoms. The number of ketones is 1. The molecule has 172 valence electrons. The number of nitrogens with one attached hydrogen (secondary N) is 1. The Balaban J connectivity index is 2.44. The highest BCUT2D eigenvalue weighted by molar-refractivity contribution is 7.92. The van der Waals surface area contributed by atoms with E-state index in [1.807, 2.05) is 30.3 Å². The molecule has 0 bridgehead atoms. The number of Topliss-reactive ketones (excluding diaryl/α,β-unsaturated/α-hetero) is 1. The maximum absolute atomic E-state index is 13.4. The van der Waals surface area contributed by atoms with Gasteiger partial charge in [-0.15, -0.1) is 0 Å². The van der Waals surface area contributed by atoms with E-state index in [4.69, 9.17) is 0 Å². The zero-order valence-electron chi connectivity index (χ0n) is 18.7. The number of rotatable bonds is 10. The van der Waals surface area contributed by atoms with Gasteiger partial charge in [-0.05, 0) is 31.0 Å². The summed E-state index contributed by atoms with van der Waals surface area (Å²) in [6, 6.07) is 14.5. The highest BCUT2D eigenvalue weighted by Gasteiger charge is 2.31. The van der Waals surface area contributed by atoms with Gasteiger partial charge in [0.2, 0.25) is 21.8 Å². The van der Waals surface area contributed by atoms with Crippen LogP contribution in [-0.4, -0.2) is 56.8 Å². The average molecular weight is 460 g/mol. The lowest BCUT2D eigenvalue weighted by Crippen LogP contribution is -2.51. The second-order valence-corrected chi connectivity index (χ2v) is 9.33. The third kappa shape index (κ3) is 6.40. The van der Waals surface area contributed by atoms with Crippen molar-refractivity contribution in [3.05, 3.63) is 65.7 Å². The van der Waals surface area contributed by atoms with E-state index in [0.717, 1.165) is 16.1 Å². The lowest BCUT2D eigenvalue weighted by atomic mass is 10.1. The van der Waals surface area contributed by atoms with Crippen LogP contribution in [0.15, 0.2) is 54.6 Å². The summed E-state index contributed by atoms with van der Waals surface area (Å²) in [4.78, 5) is 39.0. The molecule has 0 radical (unpaired) electrons. The molecule has 0 aliphatic heterocycles. The quantitative estimate of drug-likeness (QED) is 0.549. The van der Waals surface area contributed by atoms with Gasteiger partial charge in [0.1, 0.15) is 12.6 Å². The van der Waals surface area contributed by atoms with E-state index in [2.05, 4.69) is 5.32 Å². The molecule has 0 fully saturated rings. The first-order valence-electron chi connectivity index (χ1n) is 10.2. The highest BCUT2D eigenvalue weighted by atomic mass is 32.2. The van der Waals surface area contributed by atoms with Crippen LogP contribution in [0.1, 0.15) is 36.2 Å². The summed E-state index contributed by atoms with van der Waals surface area (Å²) in [6.07, 6.45) is 1.36. The molecule has 2 amide bonds. The van der Waals surface area contributed by atoms with Gasteiger partial charge >= 0.3 is 0 Å². The Labute approximate surface area is 189 Å². The molecular formula is C23H29N3O5S. The van der Waals surface area contributed by atoms with Crippen molar-refractivity contribution in [1.29, 1.82) is 0 Å². The molecule has 32 heavy (non-hydrogen) atoms. The number of amides is 2. The van der Waals surface area contributed by atoms with Crippen molar-refractivity contribution in [3.8, 4) is 0 Å². The number of nitrogens with zero attached hydrogens (tertiary/aromatic N) is 2. The van der Waals surface area contributed by atoms with E-state index in [0.29, 0.717) is 12.0 Å². The summed E-state index contributed by atoms with van der Waals surface area (Å²) in [7, 11) is -2.35. The number of likely N-dealkylation sites (N-methyl/N-ethyl adjacent to an activating group) is 1. The van der Waals surface area contributed by atoms with Gasteiger partial charge in [-0.3, -0.25) is 18.7 Å². The Hall–Kier alpha value is -3.20. The second-order valence-electron chi connectivity index (χ2n) is 7.42.